The lowest BCUT2D eigenvalue weighted by Crippen LogP contribution is -2.23. The summed E-state index contributed by atoms with van der Waals surface area (Å²) in [7, 11) is 0. The molecule has 1 aliphatic heterocycles. The molecule has 0 atom stereocenters. The zero-order valence-electron chi connectivity index (χ0n) is 22.3. The van der Waals surface area contributed by atoms with Crippen molar-refractivity contribution in [3.05, 3.63) is 133 Å². The Hall–Kier alpha value is -4.47. The van der Waals surface area contributed by atoms with Gasteiger partial charge in [-0.3, -0.25) is 4.98 Å². The predicted molar refractivity (Wildman–Crippen MR) is 168 cm³/mol. The fraction of sp³-hybridized carbons (Fsp3) is 0.0811. The van der Waals surface area contributed by atoms with E-state index in [1.165, 1.54) is 42.8 Å². The highest BCUT2D eigenvalue weighted by Crippen LogP contribution is 2.52. The molecule has 0 bridgehead atoms. The summed E-state index contributed by atoms with van der Waals surface area (Å²) in [6.07, 6.45) is 1.85. The van der Waals surface area contributed by atoms with Crippen LogP contribution < -0.4 is 0 Å². The van der Waals surface area contributed by atoms with Crippen LogP contribution >= 0.6 is 11.8 Å². The smallest absolute Gasteiger partial charge is 0.0972 e. The van der Waals surface area contributed by atoms with Crippen molar-refractivity contribution in [1.29, 1.82) is 0 Å². The van der Waals surface area contributed by atoms with Crippen LogP contribution in [-0.2, 0) is 5.41 Å². The molecule has 3 heterocycles. The van der Waals surface area contributed by atoms with E-state index in [4.69, 9.17) is 4.98 Å². The molecular weight excluding hydrogens is 504 g/mol. The summed E-state index contributed by atoms with van der Waals surface area (Å²) in [5.41, 5.74) is 9.25. The van der Waals surface area contributed by atoms with Crippen LogP contribution in [0.1, 0.15) is 25.0 Å². The van der Waals surface area contributed by atoms with Crippen LogP contribution in [0.25, 0.3) is 55.0 Å². The van der Waals surface area contributed by atoms with Crippen LogP contribution in [0.2, 0.25) is 0 Å². The Morgan fingerprint density at radius 2 is 1.25 bits per heavy atom. The van der Waals surface area contributed by atoms with Gasteiger partial charge < -0.3 is 0 Å². The normalized spacial score (nSPS) is 13.8. The second-order valence-corrected chi connectivity index (χ2v) is 12.1. The first kappa shape index (κ1) is 23.4. The Bertz CT molecular complexity index is 2130. The monoisotopic (exact) mass is 530 g/mol. The molecule has 190 valence electrons. The number of nitrogens with zero attached hydrogens (tertiary/aromatic N) is 2. The molecule has 0 saturated heterocycles. The maximum Gasteiger partial charge on any atom is 0.0972 e. The zero-order chi connectivity index (χ0) is 26.8. The highest BCUT2D eigenvalue weighted by molar-refractivity contribution is 7.99. The minimum absolute atomic E-state index is 0.0608. The van der Waals surface area contributed by atoms with Gasteiger partial charge in [0.1, 0.15) is 0 Å². The average molecular weight is 531 g/mol. The molecule has 2 nitrogen and oxygen atoms in total. The fourth-order valence-corrected chi connectivity index (χ4v) is 7.83. The van der Waals surface area contributed by atoms with Crippen molar-refractivity contribution in [2.24, 2.45) is 0 Å². The summed E-state index contributed by atoms with van der Waals surface area (Å²) in [5.74, 6) is 0. The van der Waals surface area contributed by atoms with Crippen LogP contribution in [0.3, 0.4) is 0 Å². The fourth-order valence-electron chi connectivity index (χ4n) is 6.31. The van der Waals surface area contributed by atoms with Gasteiger partial charge in [-0.05, 0) is 51.2 Å². The average Bonchev–Trinajstić information content (AvgIpc) is 3.00. The van der Waals surface area contributed by atoms with Crippen molar-refractivity contribution in [2.45, 2.75) is 29.1 Å². The first-order valence-corrected chi connectivity index (χ1v) is 14.5. The number of pyridine rings is 2. The lowest BCUT2D eigenvalue weighted by molar-refractivity contribution is 0.608. The molecule has 0 spiro atoms. The minimum Gasteiger partial charge on any atom is -0.254 e. The summed E-state index contributed by atoms with van der Waals surface area (Å²) in [6.45, 7) is 4.69. The molecule has 0 unspecified atom stereocenters. The molecule has 3 heteroatoms. The van der Waals surface area contributed by atoms with E-state index < -0.39 is 0 Å². The van der Waals surface area contributed by atoms with Crippen LogP contribution in [0.5, 0.6) is 0 Å². The molecule has 5 aromatic carbocycles. The molecular formula is C37H26N2S. The molecule has 0 N–H and O–H groups in total. The molecule has 0 saturated carbocycles. The molecule has 2 aromatic heterocycles. The van der Waals surface area contributed by atoms with Crippen molar-refractivity contribution in [3.8, 4) is 22.4 Å². The van der Waals surface area contributed by atoms with Gasteiger partial charge in [-0.1, -0.05) is 123 Å². The Balaban J connectivity index is 1.34. The molecule has 0 aliphatic carbocycles. The van der Waals surface area contributed by atoms with Gasteiger partial charge in [0.25, 0.3) is 0 Å². The van der Waals surface area contributed by atoms with Crippen molar-refractivity contribution in [2.75, 3.05) is 0 Å². The van der Waals surface area contributed by atoms with Crippen LogP contribution in [0, 0.1) is 0 Å². The van der Waals surface area contributed by atoms with Crippen molar-refractivity contribution in [3.63, 3.8) is 0 Å². The van der Waals surface area contributed by atoms with Crippen molar-refractivity contribution in [1.82, 2.24) is 9.97 Å². The molecule has 8 rings (SSSR count). The van der Waals surface area contributed by atoms with Gasteiger partial charge in [-0.15, -0.1) is 0 Å². The zero-order valence-corrected chi connectivity index (χ0v) is 23.2. The minimum atomic E-state index is -0.0608. The lowest BCUT2D eigenvalue weighted by atomic mass is 9.76. The third-order valence-corrected chi connectivity index (χ3v) is 9.60. The number of hydrogen-bond donors (Lipinski definition) is 0. The largest absolute Gasteiger partial charge is 0.254 e. The maximum absolute atomic E-state index is 5.17. The summed E-state index contributed by atoms with van der Waals surface area (Å²) in [6, 6.07) is 41.5. The van der Waals surface area contributed by atoms with Gasteiger partial charge in [0.2, 0.25) is 0 Å². The summed E-state index contributed by atoms with van der Waals surface area (Å²) >= 11 is 1.90. The third kappa shape index (κ3) is 3.44. The molecule has 40 heavy (non-hydrogen) atoms. The Morgan fingerprint density at radius 1 is 0.550 bits per heavy atom. The number of aromatic nitrogens is 2. The van der Waals surface area contributed by atoms with Crippen LogP contribution in [0.15, 0.2) is 131 Å². The first-order chi connectivity index (χ1) is 19.6. The van der Waals surface area contributed by atoms with Gasteiger partial charge in [0.05, 0.1) is 16.7 Å². The SMILES string of the molecule is CC1(C)c2ccccc2Sc2c(-c3ccc(-c4ccc5ccc6cccnc6c5n4)c4ccccc34)cccc21. The number of rotatable bonds is 2. The standard InChI is InChI=1S/C37H26N2S/c1-37(2)30-13-5-6-15-33(30)40-36-29(12-7-14-31(36)37)27-19-20-28(26-11-4-3-10-25(26)27)32-21-18-24-17-16-23-9-8-22-38-34(23)35(24)39-32/h3-22H,1-2H3. The maximum atomic E-state index is 5.17. The van der Waals surface area contributed by atoms with Gasteiger partial charge in [-0.2, -0.15) is 0 Å². The Labute approximate surface area is 237 Å². The van der Waals surface area contributed by atoms with Crippen molar-refractivity contribution >= 4 is 44.3 Å². The van der Waals surface area contributed by atoms with E-state index in [-0.39, 0.29) is 5.41 Å². The van der Waals surface area contributed by atoms with Gasteiger partial charge >= 0.3 is 0 Å². The van der Waals surface area contributed by atoms with E-state index in [2.05, 4.69) is 128 Å². The predicted octanol–water partition coefficient (Wildman–Crippen LogP) is 10.1. The van der Waals surface area contributed by atoms with E-state index in [1.807, 2.05) is 24.0 Å². The Morgan fingerprint density at radius 3 is 2.12 bits per heavy atom. The van der Waals surface area contributed by atoms with E-state index in [9.17, 15) is 0 Å². The highest BCUT2D eigenvalue weighted by Gasteiger charge is 2.34. The summed E-state index contributed by atoms with van der Waals surface area (Å²) in [4.78, 5) is 12.5. The number of benzene rings is 5. The van der Waals surface area contributed by atoms with E-state index in [0.29, 0.717) is 0 Å². The Kier molecular flexibility index (Phi) is 5.14. The third-order valence-electron chi connectivity index (χ3n) is 8.38. The molecule has 0 amide bonds. The van der Waals surface area contributed by atoms with Gasteiger partial charge in [0.15, 0.2) is 0 Å². The molecule has 7 aromatic rings. The second kappa shape index (κ2) is 8.77. The molecule has 1 aliphatic rings. The number of fused-ring (bicyclic) bond motifs is 6. The van der Waals surface area contributed by atoms with Gasteiger partial charge in [-0.25, -0.2) is 4.98 Å². The molecule has 0 radical (unpaired) electrons. The van der Waals surface area contributed by atoms with Gasteiger partial charge in [0, 0.05) is 37.7 Å². The van der Waals surface area contributed by atoms with E-state index in [1.54, 1.807) is 0 Å². The van der Waals surface area contributed by atoms with Crippen molar-refractivity contribution < 1.29 is 0 Å². The van der Waals surface area contributed by atoms with E-state index >= 15 is 0 Å². The first-order valence-electron chi connectivity index (χ1n) is 13.7. The topological polar surface area (TPSA) is 25.8 Å². The molecule has 0 fully saturated rings. The van der Waals surface area contributed by atoms with E-state index in [0.717, 1.165) is 33.1 Å². The van der Waals surface area contributed by atoms with Crippen LogP contribution in [0.4, 0.5) is 0 Å². The van der Waals surface area contributed by atoms with Crippen LogP contribution in [-0.4, -0.2) is 9.97 Å². The second-order valence-electron chi connectivity index (χ2n) is 11.0. The summed E-state index contributed by atoms with van der Waals surface area (Å²) < 4.78 is 0. The quantitative estimate of drug-likeness (QED) is 0.208. The summed E-state index contributed by atoms with van der Waals surface area (Å²) in [5, 5.41) is 4.66. The lowest BCUT2D eigenvalue weighted by Gasteiger charge is -2.35. The highest BCUT2D eigenvalue weighted by atomic mass is 32.2. The number of hydrogen-bond acceptors (Lipinski definition) is 3.